The Kier molecular flexibility index (Phi) is 3.75. The lowest BCUT2D eigenvalue weighted by Crippen LogP contribution is -2.16. The predicted molar refractivity (Wildman–Crippen MR) is 72.7 cm³/mol. The molecule has 0 aromatic carbocycles. The summed E-state index contributed by atoms with van der Waals surface area (Å²) < 4.78 is 5.59. The highest BCUT2D eigenvalue weighted by Crippen LogP contribution is 2.30. The topological polar surface area (TPSA) is 63.0 Å². The van der Waals surface area contributed by atoms with E-state index in [0.29, 0.717) is 30.5 Å². The summed E-state index contributed by atoms with van der Waals surface area (Å²) in [6, 6.07) is 1.74. The van der Waals surface area contributed by atoms with Crippen molar-refractivity contribution in [2.75, 3.05) is 11.6 Å². The number of thioether (sulfide) groups is 1. The molecular formula is C12H20N4OS. The zero-order valence-corrected chi connectivity index (χ0v) is 11.5. The second-order valence-electron chi connectivity index (χ2n) is 5.17. The van der Waals surface area contributed by atoms with Crippen molar-refractivity contribution in [1.29, 1.82) is 0 Å². The van der Waals surface area contributed by atoms with Crippen LogP contribution >= 0.6 is 11.8 Å². The van der Waals surface area contributed by atoms with Gasteiger partial charge in [0.25, 0.3) is 0 Å². The van der Waals surface area contributed by atoms with Crippen LogP contribution in [0.2, 0.25) is 0 Å². The van der Waals surface area contributed by atoms with Gasteiger partial charge in [0, 0.05) is 17.3 Å². The molecule has 0 radical (unpaired) electrons. The Labute approximate surface area is 111 Å². The van der Waals surface area contributed by atoms with Gasteiger partial charge in [-0.3, -0.25) is 0 Å². The van der Waals surface area contributed by atoms with Crippen molar-refractivity contribution < 1.29 is 4.42 Å². The van der Waals surface area contributed by atoms with Crippen molar-refractivity contribution in [3.63, 3.8) is 0 Å². The normalized spacial score (nSPS) is 27.6. The molecule has 2 fully saturated rings. The van der Waals surface area contributed by atoms with Gasteiger partial charge in [0.05, 0.1) is 6.54 Å². The van der Waals surface area contributed by atoms with Gasteiger partial charge in [-0.1, -0.05) is 5.10 Å². The minimum atomic E-state index is 0.493. The lowest BCUT2D eigenvalue weighted by molar-refractivity contribution is 0.471. The van der Waals surface area contributed by atoms with E-state index in [9.17, 15) is 0 Å². The summed E-state index contributed by atoms with van der Waals surface area (Å²) in [6.45, 7) is 0.692. The number of hydrogen-bond donors (Lipinski definition) is 2. The molecule has 0 aliphatic heterocycles. The Morgan fingerprint density at radius 3 is 2.78 bits per heavy atom. The fourth-order valence-electron chi connectivity index (χ4n) is 2.36. The van der Waals surface area contributed by atoms with Gasteiger partial charge in [-0.05, 0) is 38.4 Å². The van der Waals surface area contributed by atoms with Crippen LogP contribution in [0.25, 0.3) is 0 Å². The fraction of sp³-hybridized carbons (Fsp3) is 0.833. The molecular weight excluding hydrogens is 248 g/mol. The van der Waals surface area contributed by atoms with E-state index in [1.165, 1.54) is 32.1 Å². The molecule has 0 saturated heterocycles. The Morgan fingerprint density at radius 1 is 1.22 bits per heavy atom. The van der Waals surface area contributed by atoms with Crippen LogP contribution < -0.4 is 10.6 Å². The molecule has 1 heterocycles. The van der Waals surface area contributed by atoms with Crippen LogP contribution in [0, 0.1) is 0 Å². The summed E-state index contributed by atoms with van der Waals surface area (Å²) in [5.74, 6) is 0.684. The lowest BCUT2D eigenvalue weighted by atomic mass is 10.3. The van der Waals surface area contributed by atoms with Gasteiger partial charge in [-0.25, -0.2) is 0 Å². The Morgan fingerprint density at radius 2 is 2.06 bits per heavy atom. The van der Waals surface area contributed by atoms with Crippen LogP contribution in [0.15, 0.2) is 4.42 Å². The molecule has 2 N–H and O–H groups in total. The van der Waals surface area contributed by atoms with Gasteiger partial charge >= 0.3 is 6.01 Å². The number of rotatable bonds is 6. The van der Waals surface area contributed by atoms with E-state index in [2.05, 4.69) is 27.1 Å². The quantitative estimate of drug-likeness (QED) is 0.823. The first kappa shape index (κ1) is 12.3. The molecule has 0 bridgehead atoms. The Hall–Kier alpha value is -0.750. The fourth-order valence-corrected chi connectivity index (χ4v) is 3.16. The second kappa shape index (κ2) is 5.48. The van der Waals surface area contributed by atoms with E-state index in [-0.39, 0.29) is 0 Å². The van der Waals surface area contributed by atoms with Gasteiger partial charge in [-0.2, -0.15) is 11.8 Å². The minimum Gasteiger partial charge on any atom is -0.407 e. The molecule has 2 atom stereocenters. The van der Waals surface area contributed by atoms with Crippen LogP contribution in [0.1, 0.15) is 38.0 Å². The van der Waals surface area contributed by atoms with Crippen LogP contribution in [-0.4, -0.2) is 33.8 Å². The zero-order chi connectivity index (χ0) is 12.4. The number of aromatic nitrogens is 2. The van der Waals surface area contributed by atoms with E-state index in [4.69, 9.17) is 4.42 Å². The molecule has 1 aromatic rings. The van der Waals surface area contributed by atoms with Crippen molar-refractivity contribution in [1.82, 2.24) is 15.5 Å². The van der Waals surface area contributed by atoms with Gasteiger partial charge in [0.15, 0.2) is 0 Å². The average molecular weight is 268 g/mol. The summed E-state index contributed by atoms with van der Waals surface area (Å²) in [4.78, 5) is 0. The van der Waals surface area contributed by atoms with Crippen molar-refractivity contribution in [3.8, 4) is 0 Å². The summed E-state index contributed by atoms with van der Waals surface area (Å²) in [6.07, 6.45) is 8.40. The average Bonchev–Trinajstić information content (AvgIpc) is 2.93. The number of nitrogens with one attached hydrogen (secondary N) is 2. The van der Waals surface area contributed by atoms with Crippen LogP contribution in [0.4, 0.5) is 6.01 Å². The predicted octanol–water partition coefficient (Wildman–Crippen LogP) is 2.02. The molecule has 100 valence electrons. The first-order chi connectivity index (χ1) is 8.83. The van der Waals surface area contributed by atoms with Gasteiger partial charge in [0.1, 0.15) is 0 Å². The van der Waals surface area contributed by atoms with Crippen molar-refractivity contribution in [3.05, 3.63) is 5.89 Å². The maximum atomic E-state index is 5.59. The van der Waals surface area contributed by atoms with E-state index in [0.717, 1.165) is 5.25 Å². The monoisotopic (exact) mass is 268 g/mol. The molecule has 3 rings (SSSR count). The lowest BCUT2D eigenvalue weighted by Gasteiger charge is -2.09. The second-order valence-corrected chi connectivity index (χ2v) is 6.31. The molecule has 0 amide bonds. The third kappa shape index (κ3) is 3.17. The number of anilines is 1. The molecule has 2 aliphatic rings. The number of nitrogens with zero attached hydrogens (tertiary/aromatic N) is 2. The van der Waals surface area contributed by atoms with Crippen molar-refractivity contribution >= 4 is 17.8 Å². The maximum Gasteiger partial charge on any atom is 0.315 e. The SMILES string of the molecule is CSC1CCC(Nc2nnc(CNC3CC3)o2)C1. The summed E-state index contributed by atoms with van der Waals surface area (Å²) in [7, 11) is 0. The molecule has 2 unspecified atom stereocenters. The highest BCUT2D eigenvalue weighted by atomic mass is 32.2. The zero-order valence-electron chi connectivity index (χ0n) is 10.7. The smallest absolute Gasteiger partial charge is 0.315 e. The summed E-state index contributed by atoms with van der Waals surface area (Å²) in [5, 5.41) is 15.6. The van der Waals surface area contributed by atoms with Gasteiger partial charge < -0.3 is 15.1 Å². The maximum absolute atomic E-state index is 5.59. The molecule has 2 saturated carbocycles. The van der Waals surface area contributed by atoms with Crippen LogP contribution in [-0.2, 0) is 6.54 Å². The number of hydrogen-bond acceptors (Lipinski definition) is 6. The third-order valence-electron chi connectivity index (χ3n) is 3.63. The van der Waals surface area contributed by atoms with Crippen LogP contribution in [0.3, 0.4) is 0 Å². The Bertz CT molecular complexity index is 393. The molecule has 5 nitrogen and oxygen atoms in total. The first-order valence-corrected chi connectivity index (χ1v) is 7.97. The molecule has 6 heteroatoms. The van der Waals surface area contributed by atoms with E-state index >= 15 is 0 Å². The molecule has 1 aromatic heterocycles. The standard InChI is InChI=1S/C12H20N4OS/c1-18-10-5-4-9(6-10)14-12-16-15-11(17-12)7-13-8-2-3-8/h8-10,13H,2-7H2,1H3,(H,14,16). The third-order valence-corrected chi connectivity index (χ3v) is 4.73. The molecule has 18 heavy (non-hydrogen) atoms. The van der Waals surface area contributed by atoms with Crippen molar-refractivity contribution in [2.24, 2.45) is 0 Å². The highest BCUT2D eigenvalue weighted by Gasteiger charge is 2.25. The van der Waals surface area contributed by atoms with E-state index in [1.807, 2.05) is 11.8 Å². The summed E-state index contributed by atoms with van der Waals surface area (Å²) >= 11 is 1.95. The Balaban J connectivity index is 1.47. The van der Waals surface area contributed by atoms with Gasteiger partial charge in [0.2, 0.25) is 5.89 Å². The minimum absolute atomic E-state index is 0.493. The molecule has 2 aliphatic carbocycles. The van der Waals surface area contributed by atoms with Crippen LogP contribution in [0.5, 0.6) is 0 Å². The first-order valence-electron chi connectivity index (χ1n) is 6.68. The van der Waals surface area contributed by atoms with Gasteiger partial charge in [-0.15, -0.1) is 5.10 Å². The summed E-state index contributed by atoms with van der Waals surface area (Å²) in [5.41, 5.74) is 0. The van der Waals surface area contributed by atoms with Crippen molar-refractivity contribution in [2.45, 2.75) is 56.0 Å². The van der Waals surface area contributed by atoms with E-state index in [1.54, 1.807) is 0 Å². The highest BCUT2D eigenvalue weighted by molar-refractivity contribution is 7.99. The largest absolute Gasteiger partial charge is 0.407 e. The van der Waals surface area contributed by atoms with E-state index < -0.39 is 0 Å². The molecule has 0 spiro atoms.